The molecule has 0 aromatic heterocycles. The fourth-order valence-electron chi connectivity index (χ4n) is 3.81. The Bertz CT molecular complexity index is 1070. The lowest BCUT2D eigenvalue weighted by Gasteiger charge is -2.10. The third kappa shape index (κ3) is 4.23. The maximum atomic E-state index is 3.85. The molecule has 4 aromatic rings. The van der Waals surface area contributed by atoms with Gasteiger partial charge in [-0.3, -0.25) is 0 Å². The minimum atomic E-state index is 1.01. The molecule has 28 heavy (non-hydrogen) atoms. The summed E-state index contributed by atoms with van der Waals surface area (Å²) in [7, 11) is 0. The summed E-state index contributed by atoms with van der Waals surface area (Å²) in [5.74, 6) is 0. The lowest BCUT2D eigenvalue weighted by Crippen LogP contribution is -1.93. The van der Waals surface area contributed by atoms with Crippen LogP contribution in [-0.2, 0) is 19.3 Å². The molecule has 0 N–H and O–H groups in total. The molecule has 0 heteroatoms. The first-order valence-corrected chi connectivity index (χ1v) is 10.1. The van der Waals surface area contributed by atoms with Crippen LogP contribution >= 0.6 is 0 Å². The van der Waals surface area contributed by atoms with Crippen LogP contribution < -0.4 is 0 Å². The summed E-state index contributed by atoms with van der Waals surface area (Å²) >= 11 is 0. The van der Waals surface area contributed by atoms with Crippen LogP contribution in [0.1, 0.15) is 23.1 Å². The van der Waals surface area contributed by atoms with Crippen LogP contribution in [0.4, 0.5) is 0 Å². The molecule has 138 valence electrons. The fourth-order valence-corrected chi connectivity index (χ4v) is 3.81. The standard InChI is InChI=1S/C28H26/c1-2-3-8-25-10-6-7-12-28(25)26-19-15-22(16-20-26)13-14-23-17-18-24-9-4-5-11-27(24)21-23/h2,4-7,9-12,15-21H,1,3,8,13-14H2. The molecule has 0 amide bonds. The van der Waals surface area contributed by atoms with Crippen molar-refractivity contribution >= 4 is 10.8 Å². The Labute approximate surface area is 168 Å². The number of hydrogen-bond donors (Lipinski definition) is 0. The molecule has 0 saturated heterocycles. The molecule has 0 saturated carbocycles. The van der Waals surface area contributed by atoms with Gasteiger partial charge in [0.2, 0.25) is 0 Å². The largest absolute Gasteiger partial charge is 0.103 e. The average Bonchev–Trinajstić information content (AvgIpc) is 2.77. The zero-order chi connectivity index (χ0) is 19.2. The molecule has 0 heterocycles. The summed E-state index contributed by atoms with van der Waals surface area (Å²) in [6.45, 7) is 3.85. The molecule has 4 aromatic carbocycles. The normalized spacial score (nSPS) is 10.9. The predicted octanol–water partition coefficient (Wildman–Crippen LogP) is 7.41. The van der Waals surface area contributed by atoms with Crippen LogP contribution in [0.3, 0.4) is 0 Å². The summed E-state index contributed by atoms with van der Waals surface area (Å²) < 4.78 is 0. The van der Waals surface area contributed by atoms with Gasteiger partial charge in [-0.15, -0.1) is 6.58 Å². The average molecular weight is 363 g/mol. The first-order valence-electron chi connectivity index (χ1n) is 10.1. The Hall–Kier alpha value is -3.12. The lowest BCUT2D eigenvalue weighted by atomic mass is 9.95. The van der Waals surface area contributed by atoms with Gasteiger partial charge in [-0.25, -0.2) is 0 Å². The molecule has 4 rings (SSSR count). The Morgan fingerprint density at radius 3 is 2.11 bits per heavy atom. The van der Waals surface area contributed by atoms with Gasteiger partial charge in [0.1, 0.15) is 0 Å². The molecule has 0 unspecified atom stereocenters. The highest BCUT2D eigenvalue weighted by molar-refractivity contribution is 5.83. The van der Waals surface area contributed by atoms with Crippen molar-refractivity contribution in [3.05, 3.63) is 120 Å². The molecule has 0 spiro atoms. The Balaban J connectivity index is 1.47. The van der Waals surface area contributed by atoms with Crippen molar-refractivity contribution in [2.45, 2.75) is 25.7 Å². The summed E-state index contributed by atoms with van der Waals surface area (Å²) in [4.78, 5) is 0. The van der Waals surface area contributed by atoms with Crippen LogP contribution in [0.15, 0.2) is 104 Å². The minimum Gasteiger partial charge on any atom is -0.103 e. The molecule has 0 atom stereocenters. The first-order chi connectivity index (χ1) is 13.8. The van der Waals surface area contributed by atoms with Crippen LogP contribution in [0.25, 0.3) is 21.9 Å². The van der Waals surface area contributed by atoms with Gasteiger partial charge in [-0.1, -0.05) is 97.1 Å². The molecule has 0 bridgehead atoms. The molecule has 0 aliphatic carbocycles. The maximum Gasteiger partial charge on any atom is -0.0152 e. The Morgan fingerprint density at radius 2 is 1.29 bits per heavy atom. The van der Waals surface area contributed by atoms with E-state index in [1.165, 1.54) is 38.6 Å². The lowest BCUT2D eigenvalue weighted by molar-refractivity contribution is 0.962. The van der Waals surface area contributed by atoms with E-state index in [1.807, 2.05) is 6.08 Å². The van der Waals surface area contributed by atoms with E-state index in [1.54, 1.807) is 0 Å². The van der Waals surface area contributed by atoms with Crippen molar-refractivity contribution in [2.24, 2.45) is 0 Å². The van der Waals surface area contributed by atoms with Gasteiger partial charge < -0.3 is 0 Å². The highest BCUT2D eigenvalue weighted by Crippen LogP contribution is 2.25. The number of fused-ring (bicyclic) bond motifs is 1. The Kier molecular flexibility index (Phi) is 5.68. The quantitative estimate of drug-likeness (QED) is 0.300. The topological polar surface area (TPSA) is 0 Å². The summed E-state index contributed by atoms with van der Waals surface area (Å²) in [5.41, 5.74) is 6.82. The number of allylic oxidation sites excluding steroid dienone is 1. The van der Waals surface area contributed by atoms with E-state index < -0.39 is 0 Å². The molecule has 0 aliphatic heterocycles. The summed E-state index contributed by atoms with van der Waals surface area (Å²) in [6, 6.07) is 33.2. The zero-order valence-electron chi connectivity index (χ0n) is 16.3. The second-order valence-corrected chi connectivity index (χ2v) is 7.36. The molecular weight excluding hydrogens is 336 g/mol. The molecule has 0 nitrogen and oxygen atoms in total. The van der Waals surface area contributed by atoms with E-state index in [2.05, 4.69) is 97.6 Å². The molecule has 0 fully saturated rings. The smallest absolute Gasteiger partial charge is 0.0152 e. The van der Waals surface area contributed by atoms with Gasteiger partial charge in [0.25, 0.3) is 0 Å². The number of aryl methyl sites for hydroxylation is 3. The SMILES string of the molecule is C=CCCc1ccccc1-c1ccc(CCc2ccc3ccccc3c2)cc1. The molecule has 0 aliphatic rings. The number of hydrogen-bond acceptors (Lipinski definition) is 0. The van der Waals surface area contributed by atoms with Gasteiger partial charge in [0.15, 0.2) is 0 Å². The first kappa shape index (κ1) is 18.3. The van der Waals surface area contributed by atoms with E-state index in [0.717, 1.165) is 25.7 Å². The number of benzene rings is 4. The van der Waals surface area contributed by atoms with Crippen LogP contribution in [0.5, 0.6) is 0 Å². The van der Waals surface area contributed by atoms with Crippen LogP contribution in [0.2, 0.25) is 0 Å². The van der Waals surface area contributed by atoms with Crippen LogP contribution in [-0.4, -0.2) is 0 Å². The molecular formula is C28H26. The van der Waals surface area contributed by atoms with Crippen LogP contribution in [0, 0.1) is 0 Å². The third-order valence-electron chi connectivity index (χ3n) is 5.42. The van der Waals surface area contributed by atoms with E-state index in [-0.39, 0.29) is 0 Å². The number of rotatable bonds is 7. The van der Waals surface area contributed by atoms with Crippen molar-refractivity contribution in [2.75, 3.05) is 0 Å². The third-order valence-corrected chi connectivity index (χ3v) is 5.42. The fraction of sp³-hybridized carbons (Fsp3) is 0.143. The van der Waals surface area contributed by atoms with Crippen molar-refractivity contribution in [1.82, 2.24) is 0 Å². The highest BCUT2D eigenvalue weighted by Gasteiger charge is 2.05. The summed E-state index contributed by atoms with van der Waals surface area (Å²) in [6.07, 6.45) is 6.19. The second kappa shape index (κ2) is 8.71. The van der Waals surface area contributed by atoms with E-state index >= 15 is 0 Å². The monoisotopic (exact) mass is 362 g/mol. The maximum absolute atomic E-state index is 3.85. The summed E-state index contributed by atoms with van der Waals surface area (Å²) in [5, 5.41) is 2.64. The van der Waals surface area contributed by atoms with Crippen molar-refractivity contribution in [1.29, 1.82) is 0 Å². The van der Waals surface area contributed by atoms with Gasteiger partial charge in [-0.2, -0.15) is 0 Å². The van der Waals surface area contributed by atoms with Crippen molar-refractivity contribution < 1.29 is 0 Å². The van der Waals surface area contributed by atoms with Gasteiger partial charge in [0.05, 0.1) is 0 Å². The van der Waals surface area contributed by atoms with E-state index in [4.69, 9.17) is 0 Å². The highest BCUT2D eigenvalue weighted by atomic mass is 14.1. The van der Waals surface area contributed by atoms with Gasteiger partial charge in [0, 0.05) is 0 Å². The zero-order valence-corrected chi connectivity index (χ0v) is 16.3. The second-order valence-electron chi connectivity index (χ2n) is 7.36. The van der Waals surface area contributed by atoms with Crippen molar-refractivity contribution in [3.8, 4) is 11.1 Å². The van der Waals surface area contributed by atoms with Gasteiger partial charge >= 0.3 is 0 Å². The predicted molar refractivity (Wildman–Crippen MR) is 122 cm³/mol. The minimum absolute atomic E-state index is 1.01. The van der Waals surface area contributed by atoms with E-state index in [0.29, 0.717) is 0 Å². The van der Waals surface area contributed by atoms with Gasteiger partial charge in [-0.05, 0) is 64.3 Å². The van der Waals surface area contributed by atoms with E-state index in [9.17, 15) is 0 Å². The molecule has 0 radical (unpaired) electrons. The Morgan fingerprint density at radius 1 is 0.607 bits per heavy atom. The van der Waals surface area contributed by atoms with Crippen molar-refractivity contribution in [3.63, 3.8) is 0 Å².